The number of rotatable bonds is 8. The van der Waals surface area contributed by atoms with E-state index in [9.17, 15) is 9.18 Å². The Morgan fingerprint density at radius 3 is 2.71 bits per heavy atom. The van der Waals surface area contributed by atoms with Gasteiger partial charge in [-0.3, -0.25) is 4.79 Å². The van der Waals surface area contributed by atoms with Gasteiger partial charge in [-0.15, -0.1) is 0 Å². The lowest BCUT2D eigenvalue weighted by Gasteiger charge is -2.18. The number of carbonyl (C=O) groups is 1. The third kappa shape index (κ3) is 5.78. The van der Waals surface area contributed by atoms with Crippen LogP contribution >= 0.6 is 0 Å². The quantitative estimate of drug-likeness (QED) is 0.516. The number of nitrogens with zero attached hydrogens (tertiary/aromatic N) is 4. The van der Waals surface area contributed by atoms with E-state index in [1.165, 1.54) is 18.3 Å². The predicted octanol–water partition coefficient (Wildman–Crippen LogP) is 4.19. The van der Waals surface area contributed by atoms with Crippen molar-refractivity contribution < 1.29 is 13.9 Å². The van der Waals surface area contributed by atoms with Crippen LogP contribution in [0.5, 0.6) is 11.6 Å². The minimum atomic E-state index is -0.470. The molecule has 178 valence electrons. The molecule has 1 aromatic carbocycles. The van der Waals surface area contributed by atoms with Crippen molar-refractivity contribution in [3.63, 3.8) is 0 Å². The highest BCUT2D eigenvalue weighted by Crippen LogP contribution is 2.28. The van der Waals surface area contributed by atoms with E-state index in [1.54, 1.807) is 24.3 Å². The molecular formula is C25H29FN6O2. The summed E-state index contributed by atoms with van der Waals surface area (Å²) in [7, 11) is 3.93. The van der Waals surface area contributed by atoms with Gasteiger partial charge in [-0.05, 0) is 50.3 Å². The van der Waals surface area contributed by atoms with Crippen LogP contribution in [0.4, 0.5) is 16.2 Å². The SMILES string of the molecule is Cc1cnc(N[C@H]2CC[C@@H](CNC(=O)c3ccc(Oc4ccccc4F)nc3)C2)nc1N(C)C. The Balaban J connectivity index is 1.25. The van der Waals surface area contributed by atoms with Gasteiger partial charge in [0.1, 0.15) is 5.82 Å². The minimum Gasteiger partial charge on any atom is -0.436 e. The van der Waals surface area contributed by atoms with E-state index in [4.69, 9.17) is 4.74 Å². The zero-order chi connectivity index (χ0) is 24.1. The number of hydrogen-bond acceptors (Lipinski definition) is 7. The zero-order valence-corrected chi connectivity index (χ0v) is 19.6. The first-order chi connectivity index (χ1) is 16.4. The van der Waals surface area contributed by atoms with Crippen LogP contribution in [-0.2, 0) is 0 Å². The Hall–Kier alpha value is -3.75. The second-order valence-electron chi connectivity index (χ2n) is 8.74. The van der Waals surface area contributed by atoms with Gasteiger partial charge in [0, 0.05) is 50.7 Å². The summed E-state index contributed by atoms with van der Waals surface area (Å²) < 4.78 is 19.2. The van der Waals surface area contributed by atoms with Crippen LogP contribution in [0, 0.1) is 18.7 Å². The topological polar surface area (TPSA) is 92.3 Å². The molecule has 8 nitrogen and oxygen atoms in total. The van der Waals surface area contributed by atoms with Crippen LogP contribution in [0.3, 0.4) is 0 Å². The highest BCUT2D eigenvalue weighted by Gasteiger charge is 2.26. The minimum absolute atomic E-state index is 0.0885. The third-order valence-corrected chi connectivity index (χ3v) is 5.84. The number of halogens is 1. The average molecular weight is 465 g/mol. The van der Waals surface area contributed by atoms with Gasteiger partial charge in [0.25, 0.3) is 5.91 Å². The Labute approximate surface area is 198 Å². The highest BCUT2D eigenvalue weighted by molar-refractivity contribution is 5.93. The van der Waals surface area contributed by atoms with Gasteiger partial charge in [0.05, 0.1) is 5.56 Å². The smallest absolute Gasteiger partial charge is 0.252 e. The molecule has 0 spiro atoms. The van der Waals surface area contributed by atoms with E-state index < -0.39 is 5.82 Å². The molecule has 1 amide bonds. The average Bonchev–Trinajstić information content (AvgIpc) is 3.28. The largest absolute Gasteiger partial charge is 0.436 e. The summed E-state index contributed by atoms with van der Waals surface area (Å²) in [6.45, 7) is 2.58. The number of pyridine rings is 1. The number of nitrogens with one attached hydrogen (secondary N) is 2. The molecule has 3 aromatic rings. The first-order valence-electron chi connectivity index (χ1n) is 11.3. The molecule has 0 bridgehead atoms. The van der Waals surface area contributed by atoms with Gasteiger partial charge < -0.3 is 20.3 Å². The number of ether oxygens (including phenoxy) is 1. The van der Waals surface area contributed by atoms with Crippen LogP contribution in [0.25, 0.3) is 0 Å². The number of para-hydroxylation sites is 1. The summed E-state index contributed by atoms with van der Waals surface area (Å²) >= 11 is 0. The monoisotopic (exact) mass is 464 g/mol. The maximum Gasteiger partial charge on any atom is 0.252 e. The standard InChI is InChI=1S/C25H29FN6O2/c1-16-13-29-25(31-23(16)32(2)3)30-19-10-8-17(12-19)14-28-24(33)18-9-11-22(27-15-18)34-21-7-5-4-6-20(21)26/h4-7,9,11,13,15,17,19H,8,10,12,14H2,1-3H3,(H,28,33)(H,29,30,31)/t17-,19+/m1/s1. The molecule has 2 aromatic heterocycles. The number of anilines is 2. The third-order valence-electron chi connectivity index (χ3n) is 5.84. The Morgan fingerprint density at radius 2 is 1.97 bits per heavy atom. The Bertz CT molecular complexity index is 1140. The van der Waals surface area contributed by atoms with Crippen LogP contribution in [-0.4, -0.2) is 47.5 Å². The van der Waals surface area contributed by atoms with Gasteiger partial charge in [0.2, 0.25) is 11.8 Å². The number of benzene rings is 1. The van der Waals surface area contributed by atoms with Crippen molar-refractivity contribution in [2.75, 3.05) is 30.9 Å². The number of carbonyl (C=O) groups excluding carboxylic acids is 1. The second kappa shape index (κ2) is 10.5. The lowest BCUT2D eigenvalue weighted by atomic mass is 10.1. The summed E-state index contributed by atoms with van der Waals surface area (Å²) in [5.41, 5.74) is 1.46. The van der Waals surface area contributed by atoms with Gasteiger partial charge in [0.15, 0.2) is 11.6 Å². The molecular weight excluding hydrogens is 435 g/mol. The summed E-state index contributed by atoms with van der Waals surface area (Å²) in [6.07, 6.45) is 6.21. The molecule has 0 radical (unpaired) electrons. The van der Waals surface area contributed by atoms with Gasteiger partial charge in [-0.1, -0.05) is 12.1 Å². The van der Waals surface area contributed by atoms with E-state index in [1.807, 2.05) is 32.1 Å². The lowest BCUT2D eigenvalue weighted by Crippen LogP contribution is -2.29. The van der Waals surface area contributed by atoms with Gasteiger partial charge >= 0.3 is 0 Å². The Morgan fingerprint density at radius 1 is 1.15 bits per heavy atom. The maximum absolute atomic E-state index is 13.7. The second-order valence-corrected chi connectivity index (χ2v) is 8.74. The van der Waals surface area contributed by atoms with Crippen molar-refractivity contribution >= 4 is 17.7 Å². The highest BCUT2D eigenvalue weighted by atomic mass is 19.1. The van der Waals surface area contributed by atoms with Gasteiger partial charge in [-0.25, -0.2) is 14.4 Å². The molecule has 1 aliphatic rings. The number of amides is 1. The van der Waals surface area contributed by atoms with Crippen molar-refractivity contribution in [1.82, 2.24) is 20.3 Å². The first-order valence-corrected chi connectivity index (χ1v) is 11.3. The summed E-state index contributed by atoms with van der Waals surface area (Å²) in [4.78, 5) is 27.7. The summed E-state index contributed by atoms with van der Waals surface area (Å²) in [6, 6.07) is 9.55. The van der Waals surface area contributed by atoms with E-state index in [0.717, 1.165) is 30.6 Å². The number of aryl methyl sites for hydroxylation is 1. The van der Waals surface area contributed by atoms with Crippen LogP contribution in [0.1, 0.15) is 35.2 Å². The van der Waals surface area contributed by atoms with E-state index in [0.29, 0.717) is 24.0 Å². The van der Waals surface area contributed by atoms with Crippen molar-refractivity contribution in [3.05, 3.63) is 65.7 Å². The molecule has 2 N–H and O–H groups in total. The molecule has 1 aliphatic carbocycles. The van der Waals surface area contributed by atoms with E-state index in [2.05, 4.69) is 25.6 Å². The Kier molecular flexibility index (Phi) is 7.20. The molecule has 0 unspecified atom stereocenters. The van der Waals surface area contributed by atoms with Gasteiger partial charge in [-0.2, -0.15) is 4.98 Å². The van der Waals surface area contributed by atoms with Crippen LogP contribution in [0.2, 0.25) is 0 Å². The molecule has 2 atom stereocenters. The molecule has 4 rings (SSSR count). The van der Waals surface area contributed by atoms with Crippen LogP contribution < -0.4 is 20.3 Å². The predicted molar refractivity (Wildman–Crippen MR) is 129 cm³/mol. The van der Waals surface area contributed by atoms with Crippen molar-refractivity contribution in [3.8, 4) is 11.6 Å². The molecule has 34 heavy (non-hydrogen) atoms. The molecule has 0 saturated heterocycles. The summed E-state index contributed by atoms with van der Waals surface area (Å²) in [5, 5.41) is 6.42. The molecule has 9 heteroatoms. The normalized spacial score (nSPS) is 17.3. The van der Waals surface area contributed by atoms with E-state index >= 15 is 0 Å². The van der Waals surface area contributed by atoms with Crippen LogP contribution in [0.15, 0.2) is 48.8 Å². The number of aromatic nitrogens is 3. The fourth-order valence-corrected chi connectivity index (χ4v) is 4.08. The molecule has 0 aliphatic heterocycles. The van der Waals surface area contributed by atoms with Crippen molar-refractivity contribution in [2.24, 2.45) is 5.92 Å². The summed E-state index contributed by atoms with van der Waals surface area (Å²) in [5.74, 6) is 1.55. The number of hydrogen-bond donors (Lipinski definition) is 2. The molecule has 1 fully saturated rings. The van der Waals surface area contributed by atoms with Crippen molar-refractivity contribution in [1.29, 1.82) is 0 Å². The molecule has 2 heterocycles. The van der Waals surface area contributed by atoms with Crippen molar-refractivity contribution in [2.45, 2.75) is 32.2 Å². The first kappa shape index (κ1) is 23.4. The lowest BCUT2D eigenvalue weighted by molar-refractivity contribution is 0.0947. The zero-order valence-electron chi connectivity index (χ0n) is 19.6. The molecule has 1 saturated carbocycles. The van der Waals surface area contributed by atoms with E-state index in [-0.39, 0.29) is 23.6 Å². The maximum atomic E-state index is 13.7. The fraction of sp³-hybridized carbons (Fsp3) is 0.360. The fourth-order valence-electron chi connectivity index (χ4n) is 4.08.